The number of hydrogen-bond acceptors (Lipinski definition) is 4. The molecule has 1 aromatic carbocycles. The highest BCUT2D eigenvalue weighted by molar-refractivity contribution is 5.90. The van der Waals surface area contributed by atoms with Gasteiger partial charge in [-0.2, -0.15) is 5.26 Å². The number of nitrogens with zero attached hydrogens (tertiary/aromatic N) is 1. The second-order valence-corrected chi connectivity index (χ2v) is 2.73. The molecular weight excluding hydrogens is 182 g/mol. The molecule has 0 saturated carbocycles. The van der Waals surface area contributed by atoms with Crippen LogP contribution in [-0.4, -0.2) is 12.2 Å². The summed E-state index contributed by atoms with van der Waals surface area (Å²) in [5.74, 6) is 0.269. The minimum atomic E-state index is -0.138. The van der Waals surface area contributed by atoms with Crippen molar-refractivity contribution in [1.29, 1.82) is 5.26 Å². The van der Waals surface area contributed by atoms with E-state index in [1.807, 2.05) is 0 Å². The van der Waals surface area contributed by atoms with Crippen LogP contribution < -0.4 is 4.74 Å². The van der Waals surface area contributed by atoms with E-state index in [4.69, 9.17) is 14.4 Å². The molecular formula is C10H7NO3. The van der Waals surface area contributed by atoms with Crippen LogP contribution in [0.2, 0.25) is 0 Å². The molecule has 0 aliphatic heterocycles. The Morgan fingerprint density at radius 1 is 1.50 bits per heavy atom. The molecule has 2 aromatic rings. The van der Waals surface area contributed by atoms with E-state index in [1.165, 1.54) is 7.11 Å². The van der Waals surface area contributed by atoms with Crippen LogP contribution >= 0.6 is 0 Å². The Labute approximate surface area is 79.9 Å². The Kier molecular flexibility index (Phi) is 1.79. The van der Waals surface area contributed by atoms with Gasteiger partial charge in [0, 0.05) is 0 Å². The molecule has 4 heteroatoms. The Morgan fingerprint density at radius 3 is 2.93 bits per heavy atom. The third-order valence-corrected chi connectivity index (χ3v) is 1.97. The third kappa shape index (κ3) is 0.995. The Bertz CT molecular complexity index is 522. The minimum Gasteiger partial charge on any atom is -0.503 e. The summed E-state index contributed by atoms with van der Waals surface area (Å²) in [7, 11) is 1.50. The molecule has 4 nitrogen and oxygen atoms in total. The zero-order valence-corrected chi connectivity index (χ0v) is 7.44. The van der Waals surface area contributed by atoms with Crippen LogP contribution in [0.3, 0.4) is 0 Å². The quantitative estimate of drug-likeness (QED) is 0.745. The van der Waals surface area contributed by atoms with Crippen LogP contribution in [0.5, 0.6) is 11.5 Å². The second-order valence-electron chi connectivity index (χ2n) is 2.73. The van der Waals surface area contributed by atoms with Gasteiger partial charge in [-0.1, -0.05) is 6.07 Å². The maximum atomic E-state index is 9.54. The van der Waals surface area contributed by atoms with Crippen molar-refractivity contribution < 1.29 is 14.3 Å². The van der Waals surface area contributed by atoms with Crippen molar-refractivity contribution >= 4 is 11.0 Å². The number of para-hydroxylation sites is 1. The first-order valence-corrected chi connectivity index (χ1v) is 3.96. The Hall–Kier alpha value is -2.15. The number of aromatic hydroxyl groups is 1. The van der Waals surface area contributed by atoms with E-state index in [-0.39, 0.29) is 11.5 Å². The molecule has 2 rings (SSSR count). The molecule has 0 saturated heterocycles. The predicted molar refractivity (Wildman–Crippen MR) is 49.1 cm³/mol. The van der Waals surface area contributed by atoms with Crippen molar-refractivity contribution in [2.24, 2.45) is 0 Å². The van der Waals surface area contributed by atoms with E-state index >= 15 is 0 Å². The summed E-state index contributed by atoms with van der Waals surface area (Å²) in [5, 5.41) is 18.7. The molecule has 1 N–H and O–H groups in total. The maximum absolute atomic E-state index is 9.54. The molecule has 0 unspecified atom stereocenters. The van der Waals surface area contributed by atoms with Gasteiger partial charge in [-0.05, 0) is 12.1 Å². The van der Waals surface area contributed by atoms with E-state index in [0.29, 0.717) is 16.7 Å². The topological polar surface area (TPSA) is 66.4 Å². The summed E-state index contributed by atoms with van der Waals surface area (Å²) < 4.78 is 10.2. The Morgan fingerprint density at radius 2 is 2.29 bits per heavy atom. The lowest BCUT2D eigenvalue weighted by molar-refractivity contribution is 0.408. The van der Waals surface area contributed by atoms with Crippen LogP contribution in [0.1, 0.15) is 5.76 Å². The van der Waals surface area contributed by atoms with Crippen LogP contribution in [0.15, 0.2) is 22.6 Å². The van der Waals surface area contributed by atoms with E-state index in [9.17, 15) is 5.11 Å². The number of hydrogen-bond donors (Lipinski definition) is 1. The summed E-state index contributed by atoms with van der Waals surface area (Å²) in [6.07, 6.45) is 0. The number of furan rings is 1. The number of fused-ring (bicyclic) bond motifs is 1. The number of nitriles is 1. The zero-order chi connectivity index (χ0) is 10.1. The molecule has 0 atom stereocenters. The summed E-state index contributed by atoms with van der Waals surface area (Å²) >= 11 is 0. The summed E-state index contributed by atoms with van der Waals surface area (Å²) in [6.45, 7) is 0. The van der Waals surface area contributed by atoms with Crippen LogP contribution in [0.25, 0.3) is 11.0 Å². The van der Waals surface area contributed by atoms with Crippen molar-refractivity contribution in [2.45, 2.75) is 0 Å². The van der Waals surface area contributed by atoms with Gasteiger partial charge in [-0.3, -0.25) is 0 Å². The highest BCUT2D eigenvalue weighted by atomic mass is 16.5. The van der Waals surface area contributed by atoms with Gasteiger partial charge in [0.2, 0.25) is 5.76 Å². The molecule has 0 aliphatic rings. The first-order valence-electron chi connectivity index (χ1n) is 3.96. The van der Waals surface area contributed by atoms with Gasteiger partial charge in [-0.25, -0.2) is 0 Å². The molecule has 0 bridgehead atoms. The molecule has 70 valence electrons. The van der Waals surface area contributed by atoms with E-state index in [2.05, 4.69) is 0 Å². The van der Waals surface area contributed by atoms with Gasteiger partial charge in [0.1, 0.15) is 6.07 Å². The maximum Gasteiger partial charge on any atom is 0.246 e. The average Bonchev–Trinajstić information content (AvgIpc) is 2.55. The van der Waals surface area contributed by atoms with Crippen LogP contribution in [0.4, 0.5) is 0 Å². The molecule has 0 spiro atoms. The zero-order valence-electron chi connectivity index (χ0n) is 7.44. The van der Waals surface area contributed by atoms with Gasteiger partial charge in [0.15, 0.2) is 17.1 Å². The standard InChI is InChI=1S/C10H7NO3/c1-13-7-4-2-3-6-9(12)8(5-11)14-10(6)7/h2-4,12H,1H3. The van der Waals surface area contributed by atoms with Crippen molar-refractivity contribution in [2.75, 3.05) is 7.11 Å². The number of benzene rings is 1. The van der Waals surface area contributed by atoms with Gasteiger partial charge in [-0.15, -0.1) is 0 Å². The SMILES string of the molecule is COc1cccc2c(O)c(C#N)oc12. The summed E-state index contributed by atoms with van der Waals surface area (Å²) in [5.41, 5.74) is 0.393. The molecule has 0 fully saturated rings. The van der Waals surface area contributed by atoms with E-state index in [0.717, 1.165) is 0 Å². The lowest BCUT2D eigenvalue weighted by Crippen LogP contribution is -1.81. The first-order chi connectivity index (χ1) is 6.77. The molecule has 1 heterocycles. The molecule has 0 radical (unpaired) electrons. The lowest BCUT2D eigenvalue weighted by Gasteiger charge is -1.97. The van der Waals surface area contributed by atoms with Crippen molar-refractivity contribution in [3.05, 3.63) is 24.0 Å². The highest BCUT2D eigenvalue weighted by Gasteiger charge is 2.15. The van der Waals surface area contributed by atoms with Gasteiger partial charge in [0.05, 0.1) is 12.5 Å². The fraction of sp³-hybridized carbons (Fsp3) is 0.100. The largest absolute Gasteiger partial charge is 0.503 e. The number of rotatable bonds is 1. The average molecular weight is 189 g/mol. The predicted octanol–water partition coefficient (Wildman–Crippen LogP) is 2.02. The number of ether oxygens (including phenoxy) is 1. The van der Waals surface area contributed by atoms with Crippen molar-refractivity contribution in [3.8, 4) is 17.6 Å². The normalized spacial score (nSPS) is 10.0. The monoisotopic (exact) mass is 189 g/mol. The smallest absolute Gasteiger partial charge is 0.246 e. The molecule has 0 aliphatic carbocycles. The van der Waals surface area contributed by atoms with Gasteiger partial charge in [0.25, 0.3) is 0 Å². The van der Waals surface area contributed by atoms with Crippen molar-refractivity contribution in [1.82, 2.24) is 0 Å². The van der Waals surface area contributed by atoms with Crippen LogP contribution in [-0.2, 0) is 0 Å². The first kappa shape index (κ1) is 8.45. The van der Waals surface area contributed by atoms with E-state index < -0.39 is 0 Å². The third-order valence-electron chi connectivity index (χ3n) is 1.97. The van der Waals surface area contributed by atoms with Gasteiger partial charge < -0.3 is 14.3 Å². The lowest BCUT2D eigenvalue weighted by atomic mass is 10.2. The highest BCUT2D eigenvalue weighted by Crippen LogP contribution is 2.36. The molecule has 0 amide bonds. The Balaban J connectivity index is 2.85. The minimum absolute atomic E-state index is 0.0931. The van der Waals surface area contributed by atoms with E-state index in [1.54, 1.807) is 24.3 Å². The second kappa shape index (κ2) is 2.96. The van der Waals surface area contributed by atoms with Crippen molar-refractivity contribution in [3.63, 3.8) is 0 Å². The molecule has 14 heavy (non-hydrogen) atoms. The fourth-order valence-corrected chi connectivity index (χ4v) is 1.32. The fourth-order valence-electron chi connectivity index (χ4n) is 1.32. The summed E-state index contributed by atoms with van der Waals surface area (Å²) in [6, 6.07) is 6.85. The van der Waals surface area contributed by atoms with Gasteiger partial charge >= 0.3 is 0 Å². The summed E-state index contributed by atoms with van der Waals surface area (Å²) in [4.78, 5) is 0. The van der Waals surface area contributed by atoms with Crippen LogP contribution in [0, 0.1) is 11.3 Å². The number of methoxy groups -OCH3 is 1. The molecule has 1 aromatic heterocycles.